The van der Waals surface area contributed by atoms with Gasteiger partial charge in [0.2, 0.25) is 50.2 Å². The van der Waals surface area contributed by atoms with Gasteiger partial charge in [0.25, 0.3) is 0 Å². The summed E-state index contributed by atoms with van der Waals surface area (Å²) >= 11 is 0. The second-order valence-electron chi connectivity index (χ2n) is 26.7. The number of aryl methyl sites for hydroxylation is 4. The first-order chi connectivity index (χ1) is 51.6. The minimum atomic E-state index is -0.580. The van der Waals surface area contributed by atoms with E-state index in [4.69, 9.17) is 56.8 Å². The van der Waals surface area contributed by atoms with Crippen LogP contribution in [0.15, 0.2) is 244 Å². The number of nitrogens with zero attached hydrogens (tertiary/aromatic N) is 4. The SMILES string of the molecule is c1ccc(CCC2c3cc4c5c(OCc6ccncc6)c3OCOc3c6cc(c(c3OCc3ccncc3)OCOc3c7cc(c(c3OCc3ccncc3)OCOc3c2cc(c(c3OCc2ccncc2)OCO5)C7CCc2ccccc2)C6CCc2ccccc2)C4CCc2ccccc2)cc1. The Morgan fingerprint density at radius 1 is 0.231 bits per heavy atom. The summed E-state index contributed by atoms with van der Waals surface area (Å²) in [7, 11) is 0. The van der Waals surface area contributed by atoms with Crippen LogP contribution in [0.3, 0.4) is 0 Å². The Morgan fingerprint density at radius 3 is 0.596 bits per heavy atom. The number of hydrogen-bond donors (Lipinski definition) is 0. The van der Waals surface area contributed by atoms with Crippen LogP contribution in [0.4, 0.5) is 0 Å². The molecule has 8 aliphatic rings. The van der Waals surface area contributed by atoms with Gasteiger partial charge in [0.15, 0.2) is 46.0 Å². The van der Waals surface area contributed by atoms with Crippen LogP contribution < -0.4 is 56.8 Å². The number of fused-ring (bicyclic) bond motifs is 8. The van der Waals surface area contributed by atoms with Gasteiger partial charge in [-0.25, -0.2) is 0 Å². The third-order valence-electron chi connectivity index (χ3n) is 20.4. The topological polar surface area (TPSA) is 162 Å². The van der Waals surface area contributed by atoms with Crippen molar-refractivity contribution in [1.29, 1.82) is 0 Å². The Morgan fingerprint density at radius 2 is 0.413 bits per heavy atom. The lowest BCUT2D eigenvalue weighted by Crippen LogP contribution is -2.24. The maximum atomic E-state index is 7.61. The highest BCUT2D eigenvalue weighted by atomic mass is 16.7. The molecule has 12 aromatic rings. The van der Waals surface area contributed by atoms with E-state index in [1.807, 2.05) is 48.5 Å². The minimum absolute atomic E-state index is 0.124. The number of pyridine rings is 4. The lowest BCUT2D eigenvalue weighted by molar-refractivity contribution is 0.0811. The highest BCUT2D eigenvalue weighted by molar-refractivity contribution is 5.74. The van der Waals surface area contributed by atoms with Crippen LogP contribution in [0, 0.1) is 0 Å². The van der Waals surface area contributed by atoms with Gasteiger partial charge in [-0.15, -0.1) is 0 Å². The van der Waals surface area contributed by atoms with Crippen LogP contribution in [-0.2, 0) is 52.1 Å². The fourth-order valence-corrected chi connectivity index (χ4v) is 15.3. The van der Waals surface area contributed by atoms with E-state index in [0.717, 1.165) is 89.0 Å². The van der Waals surface area contributed by atoms with Crippen LogP contribution in [0.5, 0.6) is 69.0 Å². The number of ether oxygens (including phenoxy) is 12. The van der Waals surface area contributed by atoms with E-state index >= 15 is 0 Å². The molecule has 104 heavy (non-hydrogen) atoms. The summed E-state index contributed by atoms with van der Waals surface area (Å²) in [5.74, 6) is 2.48. The fourth-order valence-electron chi connectivity index (χ4n) is 15.3. The molecule has 0 fully saturated rings. The molecule has 0 radical (unpaired) electrons. The molecule has 8 aromatic carbocycles. The van der Waals surface area contributed by atoms with Crippen molar-refractivity contribution < 1.29 is 56.8 Å². The summed E-state index contributed by atoms with van der Waals surface area (Å²) in [6.07, 6.45) is 18.8. The van der Waals surface area contributed by atoms with Gasteiger partial charge in [-0.05, 0) is 169 Å². The number of hydrogen-bond acceptors (Lipinski definition) is 16. The first kappa shape index (κ1) is 65.3. The van der Waals surface area contributed by atoms with E-state index in [1.54, 1.807) is 49.6 Å². The van der Waals surface area contributed by atoms with Gasteiger partial charge >= 0.3 is 0 Å². The van der Waals surface area contributed by atoms with Crippen molar-refractivity contribution in [2.24, 2.45) is 0 Å². The molecule has 0 atom stereocenters. The quantitative estimate of drug-likeness (QED) is 0.0561. The number of benzene rings is 8. The van der Waals surface area contributed by atoms with Gasteiger partial charge in [0, 0.05) is 118 Å². The summed E-state index contributed by atoms with van der Waals surface area (Å²) in [5, 5.41) is 0. The average Bonchev–Trinajstić information content (AvgIpc) is 0.723. The second-order valence-corrected chi connectivity index (χ2v) is 26.7. The minimum Gasteiger partial charge on any atom is -0.482 e. The van der Waals surface area contributed by atoms with Crippen LogP contribution in [-0.4, -0.2) is 47.1 Å². The van der Waals surface area contributed by atoms with Gasteiger partial charge in [0.1, 0.15) is 26.4 Å². The highest BCUT2D eigenvalue weighted by Crippen LogP contribution is 2.63. The lowest BCUT2D eigenvalue weighted by atomic mass is 9.75. The van der Waals surface area contributed by atoms with Gasteiger partial charge in [0.05, 0.1) is 0 Å². The fraction of sp³-hybridized carbons (Fsp3) is 0.227. The normalized spacial score (nSPS) is 16.2. The predicted molar refractivity (Wildman–Crippen MR) is 391 cm³/mol. The first-order valence-electron chi connectivity index (χ1n) is 35.7. The average molecular weight is 1380 g/mol. The zero-order valence-electron chi connectivity index (χ0n) is 57.4. The van der Waals surface area contributed by atoms with Crippen molar-refractivity contribution in [2.75, 3.05) is 27.2 Å². The molecule has 8 aliphatic heterocycles. The van der Waals surface area contributed by atoms with Gasteiger partial charge in [-0.2, -0.15) is 0 Å². The lowest BCUT2D eigenvalue weighted by Gasteiger charge is -2.37. The van der Waals surface area contributed by atoms with Crippen molar-refractivity contribution in [3.8, 4) is 69.0 Å². The Kier molecular flexibility index (Phi) is 19.0. The summed E-state index contributed by atoms with van der Waals surface area (Å²) in [6, 6.07) is 67.1. The molecule has 0 amide bonds. The van der Waals surface area contributed by atoms with E-state index in [-0.39, 0.29) is 53.6 Å². The molecule has 0 aliphatic carbocycles. The largest absolute Gasteiger partial charge is 0.482 e. The molecular formula is C88H76N4O12. The summed E-state index contributed by atoms with van der Waals surface area (Å²) in [6.45, 7) is -0.895. The molecular weight excluding hydrogens is 1300 g/mol. The Hall–Kier alpha value is -12.0. The molecule has 16 nitrogen and oxygen atoms in total. The molecule has 4 aromatic heterocycles. The molecule has 0 saturated heterocycles. The first-order valence-corrected chi connectivity index (χ1v) is 35.7. The number of rotatable bonds is 24. The zero-order valence-corrected chi connectivity index (χ0v) is 57.4. The van der Waals surface area contributed by atoms with E-state index in [0.29, 0.717) is 120 Å². The van der Waals surface area contributed by atoms with Crippen molar-refractivity contribution in [2.45, 2.75) is 101 Å². The van der Waals surface area contributed by atoms with Crippen LogP contribution in [0.25, 0.3) is 0 Å². The molecule has 12 heterocycles. The van der Waals surface area contributed by atoms with Crippen LogP contribution in [0.2, 0.25) is 0 Å². The van der Waals surface area contributed by atoms with Crippen molar-refractivity contribution in [1.82, 2.24) is 19.9 Å². The molecule has 16 bridgehead atoms. The zero-order chi connectivity index (χ0) is 69.4. The maximum Gasteiger partial charge on any atom is 0.231 e. The van der Waals surface area contributed by atoms with E-state index in [9.17, 15) is 0 Å². The van der Waals surface area contributed by atoms with Crippen LogP contribution in [0.1, 0.15) is 138 Å². The van der Waals surface area contributed by atoms with E-state index in [2.05, 4.69) is 166 Å². The standard InChI is InChI=1S/C88H76N4O12/c1-5-13-57(14-6-1)21-25-65-69-45-71-66(26-22-58-15-7-2-8-16-58)73-47-75-68(28-24-60-19-11-4-12-20-60)76-48-74-67(27-23-59-17-9-3-10-18-59)72-46-70(65)78-86(94-50-62-31-39-90-40-32-62)80(72)102-55-101-79(71)85(93-49-61-29-37-89-38-30-61)77(69)97-53-99-83(75)87(95-51-63-33-41-91-42-34-63)81(73)103-56-104-82(74)88(84(76)100-54-98-78)96-52-64-35-43-92-44-36-64/h1-20,29-48,65-68H,21-28,49-56H2. The van der Waals surface area contributed by atoms with Gasteiger partial charge in [-0.3, -0.25) is 19.9 Å². The van der Waals surface area contributed by atoms with Crippen molar-refractivity contribution in [3.05, 3.63) is 333 Å². The molecule has 20 rings (SSSR count). The monoisotopic (exact) mass is 1380 g/mol. The van der Waals surface area contributed by atoms with Crippen molar-refractivity contribution >= 4 is 0 Å². The molecule has 0 N–H and O–H groups in total. The Bertz CT molecular complexity index is 4210. The molecule has 0 saturated carbocycles. The summed E-state index contributed by atoms with van der Waals surface area (Å²) < 4.78 is 90.5. The Labute approximate surface area is 604 Å². The number of aromatic nitrogens is 4. The van der Waals surface area contributed by atoms with Crippen molar-refractivity contribution in [3.63, 3.8) is 0 Å². The summed E-state index contributed by atoms with van der Waals surface area (Å²) in [4.78, 5) is 17.6. The van der Waals surface area contributed by atoms with E-state index in [1.165, 1.54) is 0 Å². The third kappa shape index (κ3) is 13.7. The van der Waals surface area contributed by atoms with Crippen LogP contribution >= 0.6 is 0 Å². The molecule has 0 unspecified atom stereocenters. The van der Waals surface area contributed by atoms with E-state index < -0.39 is 23.7 Å². The smallest absolute Gasteiger partial charge is 0.231 e. The molecule has 0 spiro atoms. The Balaban J connectivity index is 1.04. The summed E-state index contributed by atoms with van der Waals surface area (Å²) in [5.41, 5.74) is 14.5. The molecule has 16 heteroatoms. The molecule has 520 valence electrons. The van der Waals surface area contributed by atoms with Gasteiger partial charge in [-0.1, -0.05) is 121 Å². The second kappa shape index (κ2) is 30.3. The van der Waals surface area contributed by atoms with Gasteiger partial charge < -0.3 is 56.8 Å². The third-order valence-corrected chi connectivity index (χ3v) is 20.4. The highest BCUT2D eigenvalue weighted by Gasteiger charge is 2.43. The maximum absolute atomic E-state index is 7.61. The predicted octanol–water partition coefficient (Wildman–Crippen LogP) is 17.9.